The molecule has 0 radical (unpaired) electrons. The summed E-state index contributed by atoms with van der Waals surface area (Å²) >= 11 is 0. The van der Waals surface area contributed by atoms with E-state index in [0.717, 1.165) is 19.3 Å². The molecule has 1 rings (SSSR count). The van der Waals surface area contributed by atoms with E-state index in [1.807, 2.05) is 0 Å². The zero-order chi connectivity index (χ0) is 6.69. The van der Waals surface area contributed by atoms with Crippen molar-refractivity contribution < 1.29 is 9.18 Å². The van der Waals surface area contributed by atoms with E-state index in [-0.39, 0.29) is 6.04 Å². The summed E-state index contributed by atoms with van der Waals surface area (Å²) in [5, 5.41) is 2.55. The van der Waals surface area contributed by atoms with E-state index in [1.165, 1.54) is 0 Å². The van der Waals surface area contributed by atoms with Gasteiger partial charge >= 0.3 is 0 Å². The maximum Gasteiger partial charge on any atom is 0.251 e. The maximum absolute atomic E-state index is 11.5. The van der Waals surface area contributed by atoms with Crippen molar-refractivity contribution in [3.8, 4) is 0 Å². The molecule has 0 aromatic carbocycles. The molecular weight excluding hydrogens is 121 g/mol. The number of halogens is 1. The van der Waals surface area contributed by atoms with E-state index in [0.29, 0.717) is 0 Å². The van der Waals surface area contributed by atoms with Crippen LogP contribution >= 0.6 is 0 Å². The number of rotatable bonds is 2. The minimum Gasteiger partial charge on any atom is -0.351 e. The Morgan fingerprint density at radius 2 is 2.33 bits per heavy atom. The van der Waals surface area contributed by atoms with E-state index >= 15 is 0 Å². The largest absolute Gasteiger partial charge is 0.351 e. The van der Waals surface area contributed by atoms with Crippen LogP contribution in [0.3, 0.4) is 0 Å². The molecular formula is C6H10FNO. The SMILES string of the molecule is O=C(CF)NC1CCC1. The average molecular weight is 131 g/mol. The number of hydrogen-bond donors (Lipinski definition) is 1. The molecule has 0 aromatic rings. The van der Waals surface area contributed by atoms with Crippen molar-refractivity contribution in [3.63, 3.8) is 0 Å². The third kappa shape index (κ3) is 1.66. The summed E-state index contributed by atoms with van der Waals surface area (Å²) in [7, 11) is 0. The van der Waals surface area contributed by atoms with Gasteiger partial charge in [0.1, 0.15) is 0 Å². The molecule has 0 saturated heterocycles. The molecule has 1 amide bonds. The molecule has 1 aliphatic rings. The number of carbonyl (C=O) groups excluding carboxylic acids is 1. The van der Waals surface area contributed by atoms with Gasteiger partial charge in [-0.1, -0.05) is 0 Å². The summed E-state index contributed by atoms with van der Waals surface area (Å²) in [5.41, 5.74) is 0. The Morgan fingerprint density at radius 1 is 1.67 bits per heavy atom. The summed E-state index contributed by atoms with van der Waals surface area (Å²) in [6.07, 6.45) is 3.20. The number of carbonyl (C=O) groups is 1. The van der Waals surface area contributed by atoms with Crippen molar-refractivity contribution in [1.82, 2.24) is 5.32 Å². The van der Waals surface area contributed by atoms with Crippen LogP contribution in [0.4, 0.5) is 4.39 Å². The molecule has 0 aliphatic heterocycles. The van der Waals surface area contributed by atoms with Crippen LogP contribution in [0, 0.1) is 0 Å². The van der Waals surface area contributed by atoms with Gasteiger partial charge < -0.3 is 5.32 Å². The van der Waals surface area contributed by atoms with Crippen LogP contribution in [0.15, 0.2) is 0 Å². The Bertz CT molecular complexity index is 112. The first-order valence-electron chi connectivity index (χ1n) is 3.18. The lowest BCUT2D eigenvalue weighted by Crippen LogP contribution is -2.40. The van der Waals surface area contributed by atoms with Crippen LogP contribution < -0.4 is 5.32 Å². The molecule has 9 heavy (non-hydrogen) atoms. The molecule has 1 fully saturated rings. The van der Waals surface area contributed by atoms with E-state index in [2.05, 4.69) is 5.32 Å². The van der Waals surface area contributed by atoms with Gasteiger partial charge in [-0.2, -0.15) is 0 Å². The molecule has 0 heterocycles. The third-order valence-corrected chi connectivity index (χ3v) is 1.59. The van der Waals surface area contributed by atoms with Gasteiger partial charge in [0.2, 0.25) is 0 Å². The van der Waals surface area contributed by atoms with Gasteiger partial charge in [-0.15, -0.1) is 0 Å². The highest BCUT2D eigenvalue weighted by Gasteiger charge is 2.18. The fraction of sp³-hybridized carbons (Fsp3) is 0.833. The smallest absolute Gasteiger partial charge is 0.251 e. The second-order valence-electron chi connectivity index (χ2n) is 2.33. The third-order valence-electron chi connectivity index (χ3n) is 1.59. The molecule has 1 saturated carbocycles. The first-order chi connectivity index (χ1) is 4.33. The standard InChI is InChI=1S/C6H10FNO/c7-4-6(9)8-5-2-1-3-5/h5H,1-4H2,(H,8,9). The van der Waals surface area contributed by atoms with Crippen molar-refractivity contribution in [1.29, 1.82) is 0 Å². The molecule has 2 nitrogen and oxygen atoms in total. The van der Waals surface area contributed by atoms with Gasteiger partial charge in [-0.25, -0.2) is 4.39 Å². The summed E-state index contributed by atoms with van der Waals surface area (Å²) < 4.78 is 11.5. The van der Waals surface area contributed by atoms with Gasteiger partial charge in [-0.3, -0.25) is 4.79 Å². The molecule has 52 valence electrons. The van der Waals surface area contributed by atoms with Crippen molar-refractivity contribution in [2.24, 2.45) is 0 Å². The van der Waals surface area contributed by atoms with Crippen LogP contribution in [0.5, 0.6) is 0 Å². The molecule has 0 spiro atoms. The summed E-state index contributed by atoms with van der Waals surface area (Å²) in [6.45, 7) is -0.878. The number of alkyl halides is 1. The van der Waals surface area contributed by atoms with E-state index in [9.17, 15) is 9.18 Å². The van der Waals surface area contributed by atoms with E-state index in [4.69, 9.17) is 0 Å². The summed E-state index contributed by atoms with van der Waals surface area (Å²) in [5.74, 6) is -0.472. The van der Waals surface area contributed by atoms with Gasteiger partial charge in [0, 0.05) is 6.04 Å². The van der Waals surface area contributed by atoms with Crippen molar-refractivity contribution >= 4 is 5.91 Å². The van der Waals surface area contributed by atoms with Crippen LogP contribution in [0.2, 0.25) is 0 Å². The molecule has 1 N–H and O–H groups in total. The van der Waals surface area contributed by atoms with Crippen molar-refractivity contribution in [2.75, 3.05) is 6.67 Å². The highest BCUT2D eigenvalue weighted by atomic mass is 19.1. The predicted molar refractivity (Wildman–Crippen MR) is 31.8 cm³/mol. The summed E-state index contributed by atoms with van der Waals surface area (Å²) in [4.78, 5) is 10.3. The fourth-order valence-electron chi connectivity index (χ4n) is 0.819. The molecule has 0 aromatic heterocycles. The van der Waals surface area contributed by atoms with Crippen molar-refractivity contribution in [3.05, 3.63) is 0 Å². The molecule has 0 unspecified atom stereocenters. The normalized spacial score (nSPS) is 18.8. The fourth-order valence-corrected chi connectivity index (χ4v) is 0.819. The minimum atomic E-state index is -0.878. The first-order valence-corrected chi connectivity index (χ1v) is 3.18. The average Bonchev–Trinajstić information content (AvgIpc) is 1.78. The summed E-state index contributed by atoms with van der Waals surface area (Å²) in [6, 6.07) is 0.272. The van der Waals surface area contributed by atoms with Crippen LogP contribution in [0.1, 0.15) is 19.3 Å². The number of hydrogen-bond acceptors (Lipinski definition) is 1. The van der Waals surface area contributed by atoms with Crippen LogP contribution in [-0.2, 0) is 4.79 Å². The maximum atomic E-state index is 11.5. The van der Waals surface area contributed by atoms with Crippen molar-refractivity contribution in [2.45, 2.75) is 25.3 Å². The highest BCUT2D eigenvalue weighted by Crippen LogP contribution is 2.17. The van der Waals surface area contributed by atoms with Crippen LogP contribution in [0.25, 0.3) is 0 Å². The lowest BCUT2D eigenvalue weighted by atomic mass is 9.93. The lowest BCUT2D eigenvalue weighted by Gasteiger charge is -2.25. The molecule has 0 bridgehead atoms. The minimum absolute atomic E-state index is 0.272. The monoisotopic (exact) mass is 131 g/mol. The Morgan fingerprint density at radius 3 is 2.67 bits per heavy atom. The number of nitrogens with one attached hydrogen (secondary N) is 1. The zero-order valence-electron chi connectivity index (χ0n) is 5.19. The van der Waals surface area contributed by atoms with E-state index < -0.39 is 12.6 Å². The van der Waals surface area contributed by atoms with Crippen LogP contribution in [-0.4, -0.2) is 18.6 Å². The van der Waals surface area contributed by atoms with Gasteiger partial charge in [-0.05, 0) is 19.3 Å². The highest BCUT2D eigenvalue weighted by molar-refractivity contribution is 5.77. The topological polar surface area (TPSA) is 29.1 Å². The Hall–Kier alpha value is -0.600. The second kappa shape index (κ2) is 2.80. The molecule has 1 aliphatic carbocycles. The number of amides is 1. The quantitative estimate of drug-likeness (QED) is 0.585. The predicted octanol–water partition coefficient (Wildman–Crippen LogP) is 0.625. The van der Waals surface area contributed by atoms with Gasteiger partial charge in [0.15, 0.2) is 6.67 Å². The first kappa shape index (κ1) is 6.52. The molecule has 3 heteroatoms. The zero-order valence-corrected chi connectivity index (χ0v) is 5.19. The Balaban J connectivity index is 2.09. The molecule has 0 atom stereocenters. The van der Waals surface area contributed by atoms with Gasteiger partial charge in [0.05, 0.1) is 0 Å². The van der Waals surface area contributed by atoms with Gasteiger partial charge in [0.25, 0.3) is 5.91 Å². The second-order valence-corrected chi connectivity index (χ2v) is 2.33. The Labute approximate surface area is 53.4 Å². The van der Waals surface area contributed by atoms with E-state index in [1.54, 1.807) is 0 Å². The lowest BCUT2D eigenvalue weighted by molar-refractivity contribution is -0.123. The Kier molecular flexibility index (Phi) is 2.03.